The van der Waals surface area contributed by atoms with Crippen molar-refractivity contribution in [3.05, 3.63) is 30.1 Å². The van der Waals surface area contributed by atoms with Crippen LogP contribution in [0.2, 0.25) is 0 Å². The number of unbranched alkanes of at least 4 members (excludes halogenated alkanes) is 15. The maximum atomic E-state index is 13.1. The predicted molar refractivity (Wildman–Crippen MR) is 182 cm³/mol. The molecular weight excluding hydrogens is 725 g/mol. The van der Waals surface area contributed by atoms with E-state index in [4.69, 9.17) is 9.57 Å². The van der Waals surface area contributed by atoms with E-state index >= 15 is 0 Å². The van der Waals surface area contributed by atoms with E-state index in [2.05, 4.69) is 12.2 Å². The molecule has 1 aliphatic rings. The molecule has 0 bridgehead atoms. The number of nitrogens with one attached hydrogen (secondary N) is 1. The number of aromatic nitrogens is 1. The number of ether oxygens (including phenoxy) is 1. The van der Waals surface area contributed by atoms with Crippen molar-refractivity contribution in [2.45, 2.75) is 143 Å². The number of hydrogen-bond donors (Lipinski definition) is 1. The first-order valence-electron chi connectivity index (χ1n) is 18.3. The smallest absolute Gasteiger partial charge is 0.435 e. The van der Waals surface area contributed by atoms with Crippen LogP contribution in [0.15, 0.2) is 24.4 Å². The lowest BCUT2D eigenvalue weighted by Crippen LogP contribution is -3.00. The van der Waals surface area contributed by atoms with Crippen molar-refractivity contribution in [2.24, 2.45) is 0 Å². The lowest BCUT2D eigenvalue weighted by atomic mass is 10.0. The van der Waals surface area contributed by atoms with Crippen molar-refractivity contribution < 1.29 is 57.3 Å². The molecule has 0 radical (unpaired) electrons. The van der Waals surface area contributed by atoms with E-state index in [-0.39, 0.29) is 55.9 Å². The number of halogens is 1. The third-order valence-corrected chi connectivity index (χ3v) is 8.77. The van der Waals surface area contributed by atoms with Crippen LogP contribution in [0, 0.1) is 0 Å². The second-order valence-corrected chi connectivity index (χ2v) is 12.4. The summed E-state index contributed by atoms with van der Waals surface area (Å²) in [5, 5.41) is 3.96. The topological polar surface area (TPSA) is 112 Å². The highest BCUT2D eigenvalue weighted by molar-refractivity contribution is 6.02. The monoisotopic (exact) mass is 787 g/mol. The Balaban J connectivity index is 0.0000115. The summed E-state index contributed by atoms with van der Waals surface area (Å²) in [6.45, 7) is 7.17. The zero-order valence-electron chi connectivity index (χ0n) is 30.1. The van der Waals surface area contributed by atoms with E-state index in [1.165, 1.54) is 95.5 Å². The molecule has 1 unspecified atom stereocenters. The Bertz CT molecular complexity index is 1080. The molecule has 1 atom stereocenters. The van der Waals surface area contributed by atoms with Crippen LogP contribution < -0.4 is 33.9 Å². The van der Waals surface area contributed by atoms with Crippen LogP contribution in [0.25, 0.3) is 0 Å². The molecule has 11 nitrogen and oxygen atoms in total. The van der Waals surface area contributed by atoms with Gasteiger partial charge in [-0.3, -0.25) is 14.4 Å². The fourth-order valence-corrected chi connectivity index (χ4v) is 5.93. The molecule has 1 aromatic heterocycles. The number of urea groups is 1. The highest BCUT2D eigenvalue weighted by Gasteiger charge is 2.42. The van der Waals surface area contributed by atoms with E-state index in [1.54, 1.807) is 19.1 Å². The number of carbonyl (C=O) groups excluding carboxylic acids is 4. The molecule has 12 heteroatoms. The maximum Gasteiger partial charge on any atom is 0.435 e. The fourth-order valence-electron chi connectivity index (χ4n) is 5.93. The number of imide groups is 1. The quantitative estimate of drug-likeness (QED) is 0.0500. The molecule has 1 N–H and O–H groups in total. The molecule has 1 aliphatic heterocycles. The average Bonchev–Trinajstić information content (AvgIpc) is 3.36. The molecule has 5 amide bonds. The van der Waals surface area contributed by atoms with Crippen molar-refractivity contribution in [3.8, 4) is 0 Å². The third kappa shape index (κ3) is 15.8. The van der Waals surface area contributed by atoms with Crippen LogP contribution in [0.5, 0.6) is 0 Å². The predicted octanol–water partition coefficient (Wildman–Crippen LogP) is 3.99. The standard InChI is InChI=1S/C36H61N5O6.HI/c1-5-8-9-10-11-12-13-14-15-16-17-18-19-20-21-23-28-40(46-4)36(45)47-33(6-2)41-32(42)30-39(35(41)44)29-26-37-34(43)31-25-22-24-27-38(31)7-3;/h22,24-25,27,33H,5-21,23,26,28-30H2,1-4H3;1H. The van der Waals surface area contributed by atoms with Gasteiger partial charge in [0.15, 0.2) is 12.4 Å². The van der Waals surface area contributed by atoms with Gasteiger partial charge in [0.05, 0.1) is 13.7 Å². The van der Waals surface area contributed by atoms with Crippen molar-refractivity contribution in [1.82, 2.24) is 20.2 Å². The molecular formula is C36H62IN5O6. The summed E-state index contributed by atoms with van der Waals surface area (Å²) in [5.41, 5.74) is 0.515. The summed E-state index contributed by atoms with van der Waals surface area (Å²) in [6.07, 6.45) is 20.6. The van der Waals surface area contributed by atoms with Crippen LogP contribution in [0.3, 0.4) is 0 Å². The molecule has 48 heavy (non-hydrogen) atoms. The van der Waals surface area contributed by atoms with Gasteiger partial charge in [-0.15, -0.1) is 0 Å². The lowest BCUT2D eigenvalue weighted by molar-refractivity contribution is -0.695. The van der Waals surface area contributed by atoms with Gasteiger partial charge in [-0.1, -0.05) is 110 Å². The van der Waals surface area contributed by atoms with E-state index in [9.17, 15) is 19.2 Å². The fraction of sp³-hybridized carbons (Fsp3) is 0.750. The number of hydrogen-bond acceptors (Lipinski definition) is 6. The molecule has 274 valence electrons. The van der Waals surface area contributed by atoms with E-state index in [1.807, 2.05) is 23.8 Å². The molecule has 1 saturated heterocycles. The summed E-state index contributed by atoms with van der Waals surface area (Å²) >= 11 is 0. The highest BCUT2D eigenvalue weighted by Crippen LogP contribution is 2.19. The Kier molecular flexibility index (Phi) is 23.9. The van der Waals surface area contributed by atoms with Gasteiger partial charge >= 0.3 is 18.0 Å². The number of pyridine rings is 1. The summed E-state index contributed by atoms with van der Waals surface area (Å²) in [7, 11) is 1.41. The Morgan fingerprint density at radius 1 is 0.875 bits per heavy atom. The van der Waals surface area contributed by atoms with Crippen LogP contribution in [-0.4, -0.2) is 78.3 Å². The second-order valence-electron chi connectivity index (χ2n) is 12.4. The Morgan fingerprint density at radius 2 is 1.44 bits per heavy atom. The minimum Gasteiger partial charge on any atom is -1.00 e. The number of hydroxylamine groups is 2. The van der Waals surface area contributed by atoms with Crippen LogP contribution in [0.1, 0.15) is 140 Å². The average molecular weight is 788 g/mol. The van der Waals surface area contributed by atoms with Gasteiger partial charge in [0, 0.05) is 31.6 Å². The summed E-state index contributed by atoms with van der Waals surface area (Å²) < 4.78 is 7.40. The van der Waals surface area contributed by atoms with Crippen molar-refractivity contribution >= 4 is 23.9 Å². The SMILES string of the molecule is CCCCCCCCCCCCCCCCCCN(OC)C(=O)OC(CC)N1C(=O)CN(CCNC(=O)c2cccc[n+]2CC)C1=O.[I-]. The lowest BCUT2D eigenvalue weighted by Gasteiger charge is -2.27. The first-order valence-corrected chi connectivity index (χ1v) is 18.3. The highest BCUT2D eigenvalue weighted by atomic mass is 127. The number of rotatable bonds is 26. The van der Waals surface area contributed by atoms with Gasteiger partial charge < -0.3 is 38.9 Å². The molecule has 1 fully saturated rings. The van der Waals surface area contributed by atoms with Crippen LogP contribution >= 0.6 is 0 Å². The van der Waals surface area contributed by atoms with E-state index in [0.717, 1.165) is 29.2 Å². The van der Waals surface area contributed by atoms with Crippen molar-refractivity contribution in [3.63, 3.8) is 0 Å². The summed E-state index contributed by atoms with van der Waals surface area (Å²) in [5.74, 6) is -0.707. The molecule has 1 aromatic rings. The Hall–Kier alpha value is -2.48. The molecule has 0 saturated carbocycles. The van der Waals surface area contributed by atoms with Crippen molar-refractivity contribution in [2.75, 3.05) is 33.3 Å². The normalized spacial score (nSPS) is 13.4. The minimum atomic E-state index is -1.04. The number of aryl methyl sites for hydroxylation is 1. The Labute approximate surface area is 306 Å². The van der Waals surface area contributed by atoms with Gasteiger partial charge in [-0.2, -0.15) is 9.63 Å². The van der Waals surface area contributed by atoms with E-state index in [0.29, 0.717) is 18.8 Å². The third-order valence-electron chi connectivity index (χ3n) is 8.77. The number of nitrogens with zero attached hydrogens (tertiary/aromatic N) is 4. The zero-order valence-corrected chi connectivity index (χ0v) is 32.2. The first kappa shape index (κ1) is 43.5. The molecule has 0 spiro atoms. The van der Waals surface area contributed by atoms with Gasteiger partial charge in [0.1, 0.15) is 13.1 Å². The molecule has 0 aliphatic carbocycles. The minimum absolute atomic E-state index is 0. The number of amides is 5. The van der Waals surface area contributed by atoms with Gasteiger partial charge in [-0.05, 0) is 19.4 Å². The summed E-state index contributed by atoms with van der Waals surface area (Å²) in [4.78, 5) is 59.0. The first-order chi connectivity index (χ1) is 22.9. The van der Waals surface area contributed by atoms with Crippen LogP contribution in [0.4, 0.5) is 9.59 Å². The van der Waals surface area contributed by atoms with Crippen LogP contribution in [-0.2, 0) is 20.9 Å². The second kappa shape index (κ2) is 26.4. The summed E-state index contributed by atoms with van der Waals surface area (Å²) in [6, 6.07) is 4.83. The molecule has 2 heterocycles. The van der Waals surface area contributed by atoms with Crippen molar-refractivity contribution in [1.29, 1.82) is 0 Å². The van der Waals surface area contributed by atoms with E-state index < -0.39 is 24.3 Å². The van der Waals surface area contributed by atoms with Gasteiger partial charge in [0.25, 0.3) is 11.6 Å². The Morgan fingerprint density at radius 3 is 1.96 bits per heavy atom. The largest absolute Gasteiger partial charge is 1.00 e. The molecule has 2 rings (SSSR count). The van der Waals surface area contributed by atoms with Gasteiger partial charge in [-0.25, -0.2) is 14.5 Å². The van der Waals surface area contributed by atoms with Gasteiger partial charge in [0.2, 0.25) is 0 Å². The zero-order chi connectivity index (χ0) is 34.3. The maximum absolute atomic E-state index is 13.1. The molecule has 0 aromatic carbocycles. The number of carbonyl (C=O) groups is 4.